The third-order valence-corrected chi connectivity index (χ3v) is 2.51. The Hall–Kier alpha value is -1.90. The molecule has 0 spiro atoms. The zero-order valence-corrected chi connectivity index (χ0v) is 8.80. The van der Waals surface area contributed by atoms with Gasteiger partial charge < -0.3 is 5.73 Å². The Bertz CT molecular complexity index is 512. The fourth-order valence-electron chi connectivity index (χ4n) is 1.66. The van der Waals surface area contributed by atoms with Crippen LogP contribution in [0.15, 0.2) is 36.4 Å². The number of nitrogen functional groups attached to an aromatic ring is 1. The minimum Gasteiger partial charge on any atom is -0.396 e. The molecule has 0 bridgehead atoms. The van der Waals surface area contributed by atoms with Crippen molar-refractivity contribution in [1.29, 1.82) is 0 Å². The molecule has 2 N–H and O–H groups in total. The Balaban J connectivity index is 2.62. The Morgan fingerprint density at radius 2 is 1.75 bits per heavy atom. The van der Waals surface area contributed by atoms with Crippen molar-refractivity contribution in [3.63, 3.8) is 0 Å². The molecule has 2 rings (SSSR count). The lowest BCUT2D eigenvalue weighted by atomic mass is 10.00. The lowest BCUT2D eigenvalue weighted by Crippen LogP contribution is -1.96. The maximum Gasteiger partial charge on any atom is 0.181 e. The molecule has 2 aromatic carbocycles. The number of benzene rings is 2. The molecule has 0 unspecified atom stereocenters. The SMILES string of the molecule is Cc1ccccc1-c1cc(N)c(F)c(F)c1. The van der Waals surface area contributed by atoms with Gasteiger partial charge in [0.2, 0.25) is 0 Å². The molecule has 0 saturated carbocycles. The molecular weight excluding hydrogens is 208 g/mol. The van der Waals surface area contributed by atoms with Crippen LogP contribution in [0.25, 0.3) is 11.1 Å². The highest BCUT2D eigenvalue weighted by molar-refractivity contribution is 5.70. The largest absolute Gasteiger partial charge is 0.396 e. The summed E-state index contributed by atoms with van der Waals surface area (Å²) < 4.78 is 26.2. The highest BCUT2D eigenvalue weighted by atomic mass is 19.2. The van der Waals surface area contributed by atoms with E-state index in [-0.39, 0.29) is 5.69 Å². The van der Waals surface area contributed by atoms with Crippen molar-refractivity contribution in [3.8, 4) is 11.1 Å². The first-order valence-electron chi connectivity index (χ1n) is 4.90. The first-order valence-corrected chi connectivity index (χ1v) is 4.90. The van der Waals surface area contributed by atoms with Crippen LogP contribution in [-0.4, -0.2) is 0 Å². The maximum atomic E-state index is 13.2. The molecule has 0 aliphatic heterocycles. The van der Waals surface area contributed by atoms with E-state index in [9.17, 15) is 8.78 Å². The number of rotatable bonds is 1. The van der Waals surface area contributed by atoms with E-state index in [4.69, 9.17) is 5.73 Å². The van der Waals surface area contributed by atoms with E-state index in [1.54, 1.807) is 0 Å². The Kier molecular flexibility index (Phi) is 2.60. The van der Waals surface area contributed by atoms with Crippen molar-refractivity contribution < 1.29 is 8.78 Å². The molecule has 2 aromatic rings. The predicted octanol–water partition coefficient (Wildman–Crippen LogP) is 3.52. The van der Waals surface area contributed by atoms with Crippen LogP contribution < -0.4 is 5.73 Å². The quantitative estimate of drug-likeness (QED) is 0.729. The number of nitrogens with two attached hydrogens (primary N) is 1. The lowest BCUT2D eigenvalue weighted by molar-refractivity contribution is 0.512. The number of aryl methyl sites for hydroxylation is 1. The zero-order chi connectivity index (χ0) is 11.7. The molecule has 0 aromatic heterocycles. The topological polar surface area (TPSA) is 26.0 Å². The second-order valence-corrected chi connectivity index (χ2v) is 3.68. The van der Waals surface area contributed by atoms with Crippen LogP contribution in [-0.2, 0) is 0 Å². The van der Waals surface area contributed by atoms with Gasteiger partial charge in [-0.1, -0.05) is 24.3 Å². The summed E-state index contributed by atoms with van der Waals surface area (Å²) in [6.07, 6.45) is 0. The third kappa shape index (κ3) is 1.76. The van der Waals surface area contributed by atoms with Crippen LogP contribution in [0, 0.1) is 18.6 Å². The van der Waals surface area contributed by atoms with Crippen LogP contribution in [0.1, 0.15) is 5.56 Å². The van der Waals surface area contributed by atoms with E-state index in [1.165, 1.54) is 6.07 Å². The fourth-order valence-corrected chi connectivity index (χ4v) is 1.66. The second-order valence-electron chi connectivity index (χ2n) is 3.68. The smallest absolute Gasteiger partial charge is 0.181 e. The molecule has 3 heteroatoms. The average molecular weight is 219 g/mol. The number of halogens is 2. The molecule has 0 aliphatic carbocycles. The first-order chi connectivity index (χ1) is 7.59. The van der Waals surface area contributed by atoms with Crippen molar-refractivity contribution in [2.75, 3.05) is 5.73 Å². The summed E-state index contributed by atoms with van der Waals surface area (Å²) in [6.45, 7) is 1.91. The number of anilines is 1. The van der Waals surface area contributed by atoms with Gasteiger partial charge in [-0.3, -0.25) is 0 Å². The predicted molar refractivity (Wildman–Crippen MR) is 60.9 cm³/mol. The maximum absolute atomic E-state index is 13.2. The van der Waals surface area contributed by atoms with E-state index in [2.05, 4.69) is 0 Å². The van der Waals surface area contributed by atoms with Gasteiger partial charge in [0.15, 0.2) is 11.6 Å². The normalized spacial score (nSPS) is 10.4. The second kappa shape index (κ2) is 3.93. The van der Waals surface area contributed by atoms with Crippen molar-refractivity contribution in [2.45, 2.75) is 6.92 Å². The van der Waals surface area contributed by atoms with Crippen LogP contribution in [0.5, 0.6) is 0 Å². The van der Waals surface area contributed by atoms with Crippen LogP contribution in [0.3, 0.4) is 0 Å². The van der Waals surface area contributed by atoms with E-state index in [0.717, 1.165) is 17.2 Å². The summed E-state index contributed by atoms with van der Waals surface area (Å²) in [5.74, 6) is -1.91. The number of hydrogen-bond acceptors (Lipinski definition) is 1. The van der Waals surface area contributed by atoms with Gasteiger partial charge in [0, 0.05) is 0 Å². The summed E-state index contributed by atoms with van der Waals surface area (Å²) in [7, 11) is 0. The summed E-state index contributed by atoms with van der Waals surface area (Å²) in [5.41, 5.74) is 7.67. The van der Waals surface area contributed by atoms with Crippen molar-refractivity contribution in [2.24, 2.45) is 0 Å². The first kappa shape index (κ1) is 10.6. The molecule has 16 heavy (non-hydrogen) atoms. The number of hydrogen-bond donors (Lipinski definition) is 1. The standard InChI is InChI=1S/C13H11F2N/c1-8-4-2-3-5-10(8)9-6-11(14)13(15)12(16)7-9/h2-7H,16H2,1H3. The average Bonchev–Trinajstić information content (AvgIpc) is 2.26. The fraction of sp³-hybridized carbons (Fsp3) is 0.0769. The minimum atomic E-state index is -0.989. The highest BCUT2D eigenvalue weighted by Crippen LogP contribution is 2.27. The Labute approximate surface area is 92.5 Å². The lowest BCUT2D eigenvalue weighted by Gasteiger charge is -2.07. The highest BCUT2D eigenvalue weighted by Gasteiger charge is 2.10. The summed E-state index contributed by atoms with van der Waals surface area (Å²) in [4.78, 5) is 0. The molecule has 0 atom stereocenters. The van der Waals surface area contributed by atoms with E-state index >= 15 is 0 Å². The Morgan fingerprint density at radius 1 is 1.06 bits per heavy atom. The van der Waals surface area contributed by atoms with Gasteiger partial charge in [-0.05, 0) is 35.7 Å². The van der Waals surface area contributed by atoms with Crippen LogP contribution >= 0.6 is 0 Å². The van der Waals surface area contributed by atoms with Gasteiger partial charge in [0.1, 0.15) is 0 Å². The van der Waals surface area contributed by atoms with Crippen molar-refractivity contribution in [1.82, 2.24) is 0 Å². The molecule has 0 radical (unpaired) electrons. The third-order valence-electron chi connectivity index (χ3n) is 2.51. The van der Waals surface area contributed by atoms with Gasteiger partial charge in [0.05, 0.1) is 5.69 Å². The van der Waals surface area contributed by atoms with Gasteiger partial charge in [0.25, 0.3) is 0 Å². The minimum absolute atomic E-state index is 0.168. The summed E-state index contributed by atoms with van der Waals surface area (Å²) in [5, 5.41) is 0. The molecule has 82 valence electrons. The molecule has 0 saturated heterocycles. The molecule has 1 nitrogen and oxygen atoms in total. The monoisotopic (exact) mass is 219 g/mol. The molecule has 0 aliphatic rings. The molecule has 0 fully saturated rings. The van der Waals surface area contributed by atoms with Crippen LogP contribution in [0.4, 0.5) is 14.5 Å². The summed E-state index contributed by atoms with van der Waals surface area (Å²) in [6, 6.07) is 10.1. The van der Waals surface area contributed by atoms with E-state index in [1.807, 2.05) is 31.2 Å². The zero-order valence-electron chi connectivity index (χ0n) is 8.80. The molecule has 0 heterocycles. The van der Waals surface area contributed by atoms with Gasteiger partial charge in [-0.25, -0.2) is 8.78 Å². The van der Waals surface area contributed by atoms with Crippen molar-refractivity contribution >= 4 is 5.69 Å². The Morgan fingerprint density at radius 3 is 2.38 bits per heavy atom. The van der Waals surface area contributed by atoms with Gasteiger partial charge >= 0.3 is 0 Å². The van der Waals surface area contributed by atoms with Gasteiger partial charge in [-0.2, -0.15) is 0 Å². The van der Waals surface area contributed by atoms with Crippen LogP contribution in [0.2, 0.25) is 0 Å². The van der Waals surface area contributed by atoms with Crippen molar-refractivity contribution in [3.05, 3.63) is 53.6 Å². The van der Waals surface area contributed by atoms with E-state index in [0.29, 0.717) is 5.56 Å². The molecule has 0 amide bonds. The van der Waals surface area contributed by atoms with E-state index < -0.39 is 11.6 Å². The van der Waals surface area contributed by atoms with Gasteiger partial charge in [-0.15, -0.1) is 0 Å². The summed E-state index contributed by atoms with van der Waals surface area (Å²) >= 11 is 0. The molecular formula is C13H11F2N.